The Balaban J connectivity index is 2.03. The predicted octanol–water partition coefficient (Wildman–Crippen LogP) is 3.50. The van der Waals surface area contributed by atoms with Crippen LogP contribution in [-0.4, -0.2) is 16.6 Å². The number of fused-ring (bicyclic) bond motifs is 1. The molecule has 2 heterocycles. The zero-order chi connectivity index (χ0) is 13.6. The van der Waals surface area contributed by atoms with E-state index in [0.29, 0.717) is 12.1 Å². The third kappa shape index (κ3) is 1.96. The van der Waals surface area contributed by atoms with Crippen molar-refractivity contribution in [1.82, 2.24) is 4.98 Å². The highest BCUT2D eigenvalue weighted by molar-refractivity contribution is 7.10. The molecule has 1 aliphatic carbocycles. The van der Waals surface area contributed by atoms with Crippen LogP contribution in [0.3, 0.4) is 0 Å². The lowest BCUT2D eigenvalue weighted by atomic mass is 9.84. The van der Waals surface area contributed by atoms with E-state index in [1.165, 1.54) is 11.8 Å². The lowest BCUT2D eigenvalue weighted by Crippen LogP contribution is -2.17. The van der Waals surface area contributed by atoms with Gasteiger partial charge >= 0.3 is 0 Å². The minimum atomic E-state index is -0.00706. The molecule has 1 unspecified atom stereocenters. The lowest BCUT2D eigenvalue weighted by molar-refractivity contribution is 0.0963. The average molecular weight is 273 g/mol. The zero-order valence-electron chi connectivity index (χ0n) is 10.9. The summed E-state index contributed by atoms with van der Waals surface area (Å²) in [7, 11) is 0. The Hall–Kier alpha value is -1.68. The van der Waals surface area contributed by atoms with Gasteiger partial charge in [0.25, 0.3) is 0 Å². The number of hydrogen-bond donors (Lipinski definition) is 1. The Morgan fingerprint density at radius 3 is 2.84 bits per heavy atom. The molecule has 2 aromatic heterocycles. The van der Waals surface area contributed by atoms with Crippen LogP contribution in [0.5, 0.6) is 0 Å². The van der Waals surface area contributed by atoms with Gasteiger partial charge in [-0.15, -0.1) is 11.3 Å². The van der Waals surface area contributed by atoms with E-state index in [1.54, 1.807) is 11.3 Å². The standard InChI is InChI=1S/C15H15NO2S/c1-8-14-11(16-15(8)9(2)17)6-10(7-12(14)18)13-4-3-5-19-13/h3-5,10,16H,6-7H2,1-2H3. The highest BCUT2D eigenvalue weighted by Gasteiger charge is 2.31. The molecule has 1 aliphatic rings. The molecule has 0 aliphatic heterocycles. The molecule has 1 N–H and O–H groups in total. The fourth-order valence-corrected chi connectivity index (χ4v) is 3.74. The van der Waals surface area contributed by atoms with E-state index in [0.717, 1.165) is 23.2 Å². The summed E-state index contributed by atoms with van der Waals surface area (Å²) in [6.45, 7) is 3.39. The minimum absolute atomic E-state index is 0.00706. The summed E-state index contributed by atoms with van der Waals surface area (Å²) in [5.41, 5.74) is 3.08. The van der Waals surface area contributed by atoms with Crippen molar-refractivity contribution in [2.75, 3.05) is 0 Å². The number of carbonyl (C=O) groups is 2. The van der Waals surface area contributed by atoms with Crippen molar-refractivity contribution in [3.05, 3.63) is 44.9 Å². The molecule has 3 rings (SSSR count). The number of nitrogens with one attached hydrogen (secondary N) is 1. The molecule has 0 saturated heterocycles. The van der Waals surface area contributed by atoms with Crippen LogP contribution in [-0.2, 0) is 6.42 Å². The van der Waals surface area contributed by atoms with E-state index in [4.69, 9.17) is 0 Å². The van der Waals surface area contributed by atoms with E-state index >= 15 is 0 Å². The number of thiophene rings is 1. The second-order valence-corrected chi connectivity index (χ2v) is 6.06. The fraction of sp³-hybridized carbons (Fsp3) is 0.333. The van der Waals surface area contributed by atoms with Crippen LogP contribution in [0.2, 0.25) is 0 Å². The van der Waals surface area contributed by atoms with Gasteiger partial charge in [-0.2, -0.15) is 0 Å². The normalized spacial score (nSPS) is 18.4. The van der Waals surface area contributed by atoms with Crippen LogP contribution in [0.1, 0.15) is 56.2 Å². The number of rotatable bonds is 2. The topological polar surface area (TPSA) is 49.9 Å². The average Bonchev–Trinajstić information content (AvgIpc) is 2.96. The van der Waals surface area contributed by atoms with E-state index < -0.39 is 0 Å². The number of aromatic nitrogens is 1. The van der Waals surface area contributed by atoms with Gasteiger partial charge in [0.15, 0.2) is 11.6 Å². The molecule has 0 saturated carbocycles. The highest BCUT2D eigenvalue weighted by atomic mass is 32.1. The van der Waals surface area contributed by atoms with Crippen LogP contribution in [0.25, 0.3) is 0 Å². The van der Waals surface area contributed by atoms with E-state index in [-0.39, 0.29) is 17.5 Å². The third-order valence-electron chi connectivity index (χ3n) is 3.79. The first kappa shape index (κ1) is 12.4. The Morgan fingerprint density at radius 1 is 1.42 bits per heavy atom. The van der Waals surface area contributed by atoms with Crippen LogP contribution < -0.4 is 0 Å². The lowest BCUT2D eigenvalue weighted by Gasteiger charge is -2.20. The minimum Gasteiger partial charge on any atom is -0.355 e. The summed E-state index contributed by atoms with van der Waals surface area (Å²) < 4.78 is 0. The zero-order valence-corrected chi connectivity index (χ0v) is 11.8. The summed E-state index contributed by atoms with van der Waals surface area (Å²) in [5.74, 6) is 0.395. The highest BCUT2D eigenvalue weighted by Crippen LogP contribution is 2.36. The SMILES string of the molecule is CC(=O)c1[nH]c2c(c1C)C(=O)CC(c1cccs1)C2. The number of H-pyrrole nitrogens is 1. The molecule has 0 fully saturated rings. The van der Waals surface area contributed by atoms with E-state index in [9.17, 15) is 9.59 Å². The largest absolute Gasteiger partial charge is 0.355 e. The molecule has 0 amide bonds. The molecule has 0 spiro atoms. The van der Waals surface area contributed by atoms with Gasteiger partial charge in [0.05, 0.1) is 5.69 Å². The Labute approximate surface area is 115 Å². The predicted molar refractivity (Wildman–Crippen MR) is 75.2 cm³/mol. The molecule has 0 radical (unpaired) electrons. The van der Waals surface area contributed by atoms with Crippen LogP contribution in [0.4, 0.5) is 0 Å². The molecular formula is C15H15NO2S. The third-order valence-corrected chi connectivity index (χ3v) is 4.82. The smallest absolute Gasteiger partial charge is 0.176 e. The number of aromatic amines is 1. The van der Waals surface area contributed by atoms with Crippen LogP contribution in [0, 0.1) is 6.92 Å². The molecule has 2 aromatic rings. The van der Waals surface area contributed by atoms with E-state index in [2.05, 4.69) is 11.1 Å². The molecular weight excluding hydrogens is 258 g/mol. The summed E-state index contributed by atoms with van der Waals surface area (Å²) in [4.78, 5) is 28.3. The molecule has 19 heavy (non-hydrogen) atoms. The summed E-state index contributed by atoms with van der Waals surface area (Å²) >= 11 is 1.69. The molecule has 1 atom stereocenters. The van der Waals surface area contributed by atoms with Gasteiger partial charge in [-0.05, 0) is 30.4 Å². The maximum atomic E-state index is 12.3. The second kappa shape index (κ2) is 4.46. The number of carbonyl (C=O) groups excluding carboxylic acids is 2. The van der Waals surface area contributed by atoms with Gasteiger partial charge in [0, 0.05) is 35.4 Å². The van der Waals surface area contributed by atoms with Gasteiger partial charge in [0.2, 0.25) is 0 Å². The van der Waals surface area contributed by atoms with Gasteiger partial charge in [-0.3, -0.25) is 9.59 Å². The number of Topliss-reactive ketones (excluding diaryl/α,β-unsaturated/α-hetero) is 2. The molecule has 0 bridgehead atoms. The maximum Gasteiger partial charge on any atom is 0.176 e. The quantitative estimate of drug-likeness (QED) is 0.851. The summed E-state index contributed by atoms with van der Waals surface area (Å²) in [5, 5.41) is 2.04. The van der Waals surface area contributed by atoms with Gasteiger partial charge in [-0.25, -0.2) is 0 Å². The van der Waals surface area contributed by atoms with Crippen molar-refractivity contribution < 1.29 is 9.59 Å². The second-order valence-electron chi connectivity index (χ2n) is 5.08. The van der Waals surface area contributed by atoms with Gasteiger partial charge in [0.1, 0.15) is 0 Å². The van der Waals surface area contributed by atoms with Crippen LogP contribution >= 0.6 is 11.3 Å². The first-order valence-electron chi connectivity index (χ1n) is 6.37. The van der Waals surface area contributed by atoms with Crippen molar-refractivity contribution in [1.29, 1.82) is 0 Å². The first-order chi connectivity index (χ1) is 9.08. The van der Waals surface area contributed by atoms with Crippen molar-refractivity contribution in [3.8, 4) is 0 Å². The van der Waals surface area contributed by atoms with Crippen molar-refractivity contribution in [2.24, 2.45) is 0 Å². The Bertz CT molecular complexity index is 652. The van der Waals surface area contributed by atoms with Crippen molar-refractivity contribution >= 4 is 22.9 Å². The number of ketones is 2. The van der Waals surface area contributed by atoms with Gasteiger partial charge < -0.3 is 4.98 Å². The molecule has 4 heteroatoms. The monoisotopic (exact) mass is 273 g/mol. The van der Waals surface area contributed by atoms with Crippen molar-refractivity contribution in [2.45, 2.75) is 32.6 Å². The molecule has 3 nitrogen and oxygen atoms in total. The fourth-order valence-electron chi connectivity index (χ4n) is 2.91. The Morgan fingerprint density at radius 2 is 2.21 bits per heavy atom. The summed E-state index contributed by atoms with van der Waals surface area (Å²) in [6.07, 6.45) is 1.36. The number of hydrogen-bond acceptors (Lipinski definition) is 3. The maximum absolute atomic E-state index is 12.3. The van der Waals surface area contributed by atoms with Crippen molar-refractivity contribution in [3.63, 3.8) is 0 Å². The Kier molecular flexibility index (Phi) is 2.90. The molecule has 98 valence electrons. The van der Waals surface area contributed by atoms with Crippen LogP contribution in [0.15, 0.2) is 17.5 Å². The summed E-state index contributed by atoms with van der Waals surface area (Å²) in [6, 6.07) is 4.09. The molecule has 0 aromatic carbocycles. The van der Waals surface area contributed by atoms with Gasteiger partial charge in [-0.1, -0.05) is 6.07 Å². The first-order valence-corrected chi connectivity index (χ1v) is 7.25. The van der Waals surface area contributed by atoms with E-state index in [1.807, 2.05) is 18.4 Å².